The van der Waals surface area contributed by atoms with E-state index in [0.29, 0.717) is 10.0 Å². The molecule has 0 saturated heterocycles. The van der Waals surface area contributed by atoms with Crippen molar-refractivity contribution in [2.75, 3.05) is 6.61 Å². The molecule has 3 rings (SSSR count). The second-order valence-corrected chi connectivity index (χ2v) is 5.90. The molecule has 3 aromatic heterocycles. The van der Waals surface area contributed by atoms with Gasteiger partial charge in [0.15, 0.2) is 5.01 Å². The molecule has 9 nitrogen and oxygen atoms in total. The number of fused-ring (bicyclic) bond motifs is 1. The SMILES string of the molecule is CCOC(=O)c1c[nH]c2c(-c3nnc(C)s3)c(=O)n(C)n2c1=O. The fraction of sp³-hybridized carbons (Fsp3) is 0.308. The fourth-order valence-electron chi connectivity index (χ4n) is 2.24. The van der Waals surface area contributed by atoms with Crippen molar-refractivity contribution in [1.29, 1.82) is 0 Å². The van der Waals surface area contributed by atoms with Gasteiger partial charge in [-0.25, -0.2) is 9.48 Å². The summed E-state index contributed by atoms with van der Waals surface area (Å²) < 4.78 is 7.07. The molecule has 120 valence electrons. The molecule has 1 N–H and O–H groups in total. The number of H-pyrrole nitrogens is 1. The van der Waals surface area contributed by atoms with Crippen molar-refractivity contribution in [1.82, 2.24) is 24.4 Å². The number of aromatic amines is 1. The van der Waals surface area contributed by atoms with Crippen molar-refractivity contribution in [2.45, 2.75) is 13.8 Å². The molecule has 0 amide bonds. The second kappa shape index (κ2) is 5.47. The van der Waals surface area contributed by atoms with Crippen molar-refractivity contribution in [3.63, 3.8) is 0 Å². The maximum Gasteiger partial charge on any atom is 0.345 e. The Hall–Kier alpha value is -2.75. The van der Waals surface area contributed by atoms with Gasteiger partial charge in [0.1, 0.15) is 21.8 Å². The van der Waals surface area contributed by atoms with Crippen LogP contribution in [-0.2, 0) is 11.8 Å². The minimum Gasteiger partial charge on any atom is -0.462 e. The van der Waals surface area contributed by atoms with Crippen LogP contribution in [0, 0.1) is 6.92 Å². The Labute approximate surface area is 133 Å². The maximum atomic E-state index is 12.5. The largest absolute Gasteiger partial charge is 0.462 e. The number of nitrogens with zero attached hydrogens (tertiary/aromatic N) is 4. The highest BCUT2D eigenvalue weighted by molar-refractivity contribution is 7.14. The Bertz CT molecular complexity index is 1030. The van der Waals surface area contributed by atoms with Gasteiger partial charge in [-0.15, -0.1) is 10.2 Å². The molecule has 0 radical (unpaired) electrons. The second-order valence-electron chi connectivity index (χ2n) is 4.72. The first kappa shape index (κ1) is 15.2. The van der Waals surface area contributed by atoms with E-state index in [4.69, 9.17) is 4.74 Å². The Kier molecular flexibility index (Phi) is 3.60. The lowest BCUT2D eigenvalue weighted by Gasteiger charge is -2.03. The molecule has 3 aromatic rings. The predicted octanol–water partition coefficient (Wildman–Crippen LogP) is 0.330. The zero-order chi connectivity index (χ0) is 16.7. The molecule has 0 atom stereocenters. The van der Waals surface area contributed by atoms with E-state index < -0.39 is 17.1 Å². The molecule has 0 aliphatic rings. The van der Waals surface area contributed by atoms with Gasteiger partial charge < -0.3 is 9.72 Å². The van der Waals surface area contributed by atoms with Gasteiger partial charge in [0.05, 0.1) is 6.61 Å². The molecular formula is C13H13N5O4S. The zero-order valence-electron chi connectivity index (χ0n) is 12.6. The topological polar surface area (TPSA) is 111 Å². The molecule has 0 spiro atoms. The van der Waals surface area contributed by atoms with Crippen molar-refractivity contribution in [3.8, 4) is 10.6 Å². The van der Waals surface area contributed by atoms with Gasteiger partial charge in [0.25, 0.3) is 11.1 Å². The standard InChI is InChI=1S/C13H13N5O4S/c1-4-22-13(21)7-5-14-9-8(10-16-15-6(2)23-10)12(20)17(3)18(9)11(7)19/h5,14H,4H2,1-3H3. The van der Waals surface area contributed by atoms with Crippen molar-refractivity contribution >= 4 is 23.0 Å². The monoisotopic (exact) mass is 335 g/mol. The molecule has 0 unspecified atom stereocenters. The van der Waals surface area contributed by atoms with Crippen LogP contribution in [0.15, 0.2) is 15.8 Å². The molecule has 0 aliphatic carbocycles. The number of carbonyl (C=O) groups is 1. The summed E-state index contributed by atoms with van der Waals surface area (Å²) >= 11 is 1.25. The highest BCUT2D eigenvalue weighted by atomic mass is 32.1. The number of aryl methyl sites for hydroxylation is 2. The first-order chi connectivity index (χ1) is 11.0. The van der Waals surface area contributed by atoms with Crippen LogP contribution in [-0.4, -0.2) is 37.0 Å². The summed E-state index contributed by atoms with van der Waals surface area (Å²) in [7, 11) is 1.44. The van der Waals surface area contributed by atoms with Gasteiger partial charge in [-0.1, -0.05) is 11.3 Å². The number of nitrogens with one attached hydrogen (secondary N) is 1. The number of ether oxygens (including phenoxy) is 1. The Morgan fingerprint density at radius 3 is 2.70 bits per heavy atom. The molecule has 0 aromatic carbocycles. The third-order valence-electron chi connectivity index (χ3n) is 3.27. The molecule has 0 saturated carbocycles. The van der Waals surface area contributed by atoms with E-state index in [9.17, 15) is 14.4 Å². The minimum absolute atomic E-state index is 0.149. The fourth-order valence-corrected chi connectivity index (χ4v) is 2.97. The van der Waals surface area contributed by atoms with Crippen LogP contribution in [0.4, 0.5) is 0 Å². The van der Waals surface area contributed by atoms with Crippen LogP contribution in [0.5, 0.6) is 0 Å². The van der Waals surface area contributed by atoms with Crippen molar-refractivity contribution in [2.24, 2.45) is 7.05 Å². The number of hydrogen-bond donors (Lipinski definition) is 1. The highest BCUT2D eigenvalue weighted by Crippen LogP contribution is 2.23. The smallest absolute Gasteiger partial charge is 0.345 e. The summed E-state index contributed by atoms with van der Waals surface area (Å²) in [5.41, 5.74) is -0.720. The number of rotatable bonds is 3. The molecule has 3 heterocycles. The summed E-state index contributed by atoms with van der Waals surface area (Å²) in [6.45, 7) is 3.56. The third kappa shape index (κ3) is 2.27. The number of hydrogen-bond acceptors (Lipinski definition) is 7. The quantitative estimate of drug-likeness (QED) is 0.691. The number of carbonyl (C=O) groups excluding carboxylic acids is 1. The molecule has 0 aliphatic heterocycles. The average Bonchev–Trinajstić information content (AvgIpc) is 3.03. The Morgan fingerprint density at radius 2 is 2.09 bits per heavy atom. The van der Waals surface area contributed by atoms with Gasteiger partial charge in [-0.05, 0) is 13.8 Å². The van der Waals surface area contributed by atoms with Crippen LogP contribution in [0.2, 0.25) is 0 Å². The zero-order valence-corrected chi connectivity index (χ0v) is 13.4. The van der Waals surface area contributed by atoms with Crippen LogP contribution >= 0.6 is 11.3 Å². The van der Waals surface area contributed by atoms with Crippen molar-refractivity contribution < 1.29 is 9.53 Å². The van der Waals surface area contributed by atoms with Gasteiger partial charge in [0.2, 0.25) is 0 Å². The maximum absolute atomic E-state index is 12.5. The first-order valence-corrected chi connectivity index (χ1v) is 7.58. The lowest BCUT2D eigenvalue weighted by Crippen LogP contribution is -2.29. The minimum atomic E-state index is -0.745. The van der Waals surface area contributed by atoms with Gasteiger partial charge in [-0.3, -0.25) is 9.59 Å². The van der Waals surface area contributed by atoms with E-state index in [0.717, 1.165) is 9.20 Å². The van der Waals surface area contributed by atoms with E-state index in [1.807, 2.05) is 0 Å². The van der Waals surface area contributed by atoms with Crippen LogP contribution < -0.4 is 11.1 Å². The highest BCUT2D eigenvalue weighted by Gasteiger charge is 2.23. The molecule has 0 fully saturated rings. The molecule has 10 heteroatoms. The molecule has 0 bridgehead atoms. The molecule has 23 heavy (non-hydrogen) atoms. The summed E-state index contributed by atoms with van der Waals surface area (Å²) in [5, 5.41) is 8.95. The summed E-state index contributed by atoms with van der Waals surface area (Å²) in [5.74, 6) is -0.745. The van der Waals surface area contributed by atoms with E-state index in [1.54, 1.807) is 13.8 Å². The van der Waals surface area contributed by atoms with Crippen LogP contribution in [0.1, 0.15) is 22.3 Å². The number of aromatic nitrogens is 5. The Balaban J connectivity index is 2.33. The van der Waals surface area contributed by atoms with Crippen molar-refractivity contribution in [3.05, 3.63) is 37.5 Å². The molecular weight excluding hydrogens is 322 g/mol. The lowest BCUT2D eigenvalue weighted by molar-refractivity contribution is 0.0523. The van der Waals surface area contributed by atoms with Crippen LogP contribution in [0.25, 0.3) is 16.2 Å². The van der Waals surface area contributed by atoms with Gasteiger partial charge in [-0.2, -0.15) is 4.52 Å². The lowest BCUT2D eigenvalue weighted by atomic mass is 10.3. The number of esters is 1. The van der Waals surface area contributed by atoms with Gasteiger partial charge in [0, 0.05) is 13.2 Å². The van der Waals surface area contributed by atoms with Gasteiger partial charge >= 0.3 is 5.97 Å². The Morgan fingerprint density at radius 1 is 1.35 bits per heavy atom. The average molecular weight is 335 g/mol. The summed E-state index contributed by atoms with van der Waals surface area (Å²) in [6, 6.07) is 0. The summed E-state index contributed by atoms with van der Waals surface area (Å²) in [4.78, 5) is 39.6. The third-order valence-corrected chi connectivity index (χ3v) is 4.12. The normalized spacial score (nSPS) is 11.1. The predicted molar refractivity (Wildman–Crippen MR) is 82.9 cm³/mol. The van der Waals surface area contributed by atoms with E-state index >= 15 is 0 Å². The van der Waals surface area contributed by atoms with Crippen LogP contribution in [0.3, 0.4) is 0 Å². The summed E-state index contributed by atoms with van der Waals surface area (Å²) in [6.07, 6.45) is 1.24. The van der Waals surface area contributed by atoms with E-state index in [2.05, 4.69) is 15.2 Å². The first-order valence-electron chi connectivity index (χ1n) is 6.76. The van der Waals surface area contributed by atoms with E-state index in [-0.39, 0.29) is 23.4 Å². The van der Waals surface area contributed by atoms with E-state index in [1.165, 1.54) is 24.6 Å².